The fraction of sp³-hybridized carbons (Fsp3) is 0.429. The van der Waals surface area contributed by atoms with E-state index in [-0.39, 0.29) is 17.8 Å². The van der Waals surface area contributed by atoms with Crippen LogP contribution in [0.15, 0.2) is 41.3 Å². The molecule has 0 spiro atoms. The van der Waals surface area contributed by atoms with Gasteiger partial charge in [-0.15, -0.1) is 0 Å². The number of hydrogen-bond donors (Lipinski definition) is 4. The van der Waals surface area contributed by atoms with Crippen molar-refractivity contribution in [2.45, 2.75) is 6.54 Å². The van der Waals surface area contributed by atoms with Gasteiger partial charge in [-0.25, -0.2) is 9.59 Å². The molecule has 3 heterocycles. The summed E-state index contributed by atoms with van der Waals surface area (Å²) in [5, 5.41) is 13.4. The van der Waals surface area contributed by atoms with Gasteiger partial charge in [-0.1, -0.05) is 12.1 Å². The van der Waals surface area contributed by atoms with Crippen LogP contribution in [0.2, 0.25) is 0 Å². The number of benzene rings is 1. The van der Waals surface area contributed by atoms with E-state index in [4.69, 9.17) is 11.1 Å². The first-order valence-electron chi connectivity index (χ1n) is 10.8. The Hall–Kier alpha value is -3.44. The molecular formula is C21H29N9O2. The second-order valence-electron chi connectivity index (χ2n) is 7.95. The Bertz CT molecular complexity index is 1010. The van der Waals surface area contributed by atoms with Crippen molar-refractivity contribution in [2.24, 2.45) is 5.73 Å². The summed E-state index contributed by atoms with van der Waals surface area (Å²) in [6, 6.07) is 9.17. The second kappa shape index (κ2) is 9.79. The number of nitrogens with zero attached hydrogens (tertiary/aromatic N) is 5. The van der Waals surface area contributed by atoms with Crippen molar-refractivity contribution in [2.75, 3.05) is 57.7 Å². The number of nitrogens with one attached hydrogen (secondary N) is 3. The first kappa shape index (κ1) is 21.8. The smallest absolute Gasteiger partial charge is 0.354 e. The average Bonchev–Trinajstić information content (AvgIpc) is 2.81. The number of urea groups is 1. The number of nitrogens with two attached hydrogens (primary N) is 1. The van der Waals surface area contributed by atoms with E-state index in [2.05, 4.69) is 20.5 Å². The van der Waals surface area contributed by atoms with Crippen LogP contribution in [0.1, 0.15) is 5.56 Å². The number of piperazine rings is 2. The molecule has 2 aromatic rings. The first-order valence-corrected chi connectivity index (χ1v) is 10.8. The molecule has 32 heavy (non-hydrogen) atoms. The molecule has 0 atom stereocenters. The average molecular weight is 440 g/mol. The molecule has 0 radical (unpaired) electrons. The van der Waals surface area contributed by atoms with E-state index < -0.39 is 5.69 Å². The molecule has 0 unspecified atom stereocenters. The van der Waals surface area contributed by atoms with Gasteiger partial charge in [0.15, 0.2) is 5.96 Å². The van der Waals surface area contributed by atoms with Crippen molar-refractivity contribution >= 4 is 17.8 Å². The molecular weight excluding hydrogens is 410 g/mol. The summed E-state index contributed by atoms with van der Waals surface area (Å²) in [6.07, 6.45) is 1.62. The molecule has 170 valence electrons. The maximum atomic E-state index is 12.5. The highest BCUT2D eigenvalue weighted by molar-refractivity contribution is 5.88. The summed E-state index contributed by atoms with van der Waals surface area (Å²) in [7, 11) is 0. The van der Waals surface area contributed by atoms with Gasteiger partial charge in [0, 0.05) is 65.1 Å². The van der Waals surface area contributed by atoms with E-state index in [9.17, 15) is 9.59 Å². The first-order chi connectivity index (χ1) is 15.5. The van der Waals surface area contributed by atoms with Crippen molar-refractivity contribution in [3.63, 3.8) is 0 Å². The zero-order chi connectivity index (χ0) is 22.5. The molecule has 11 nitrogen and oxygen atoms in total. The van der Waals surface area contributed by atoms with Crippen LogP contribution >= 0.6 is 0 Å². The van der Waals surface area contributed by atoms with Gasteiger partial charge in [0.05, 0.1) is 5.69 Å². The number of aromatic nitrogens is 2. The zero-order valence-corrected chi connectivity index (χ0v) is 18.0. The van der Waals surface area contributed by atoms with E-state index >= 15 is 0 Å². The van der Waals surface area contributed by atoms with Gasteiger partial charge in [-0.3, -0.25) is 20.2 Å². The molecule has 2 amide bonds. The Morgan fingerprint density at radius 1 is 1.03 bits per heavy atom. The minimum Gasteiger partial charge on any atom is -0.370 e. The summed E-state index contributed by atoms with van der Waals surface area (Å²) < 4.78 is 1.45. The summed E-state index contributed by atoms with van der Waals surface area (Å²) in [5.41, 5.74) is 6.96. The van der Waals surface area contributed by atoms with Gasteiger partial charge >= 0.3 is 11.7 Å². The van der Waals surface area contributed by atoms with Crippen molar-refractivity contribution in [3.8, 4) is 5.69 Å². The van der Waals surface area contributed by atoms with E-state index in [0.29, 0.717) is 18.8 Å². The minimum absolute atomic E-state index is 0.127. The lowest BCUT2D eigenvalue weighted by atomic mass is 10.1. The van der Waals surface area contributed by atoms with Gasteiger partial charge in [0.1, 0.15) is 5.82 Å². The highest BCUT2D eigenvalue weighted by Gasteiger charge is 2.18. The Labute approximate surface area is 186 Å². The highest BCUT2D eigenvalue weighted by atomic mass is 16.2. The fourth-order valence-corrected chi connectivity index (χ4v) is 3.89. The normalized spacial score (nSPS) is 17.2. The van der Waals surface area contributed by atoms with Gasteiger partial charge in [-0.2, -0.15) is 4.98 Å². The van der Waals surface area contributed by atoms with Crippen LogP contribution in [0.5, 0.6) is 0 Å². The van der Waals surface area contributed by atoms with Crippen LogP contribution in [-0.2, 0) is 6.54 Å². The maximum Gasteiger partial charge on any atom is 0.354 e. The van der Waals surface area contributed by atoms with Crippen LogP contribution < -0.4 is 22.1 Å². The van der Waals surface area contributed by atoms with Gasteiger partial charge < -0.3 is 20.9 Å². The van der Waals surface area contributed by atoms with Crippen molar-refractivity contribution < 1.29 is 4.79 Å². The number of carbonyl (C=O) groups excluding carboxylic acids is 1. The van der Waals surface area contributed by atoms with Gasteiger partial charge in [-0.05, 0) is 23.8 Å². The molecule has 11 heteroatoms. The summed E-state index contributed by atoms with van der Waals surface area (Å²) >= 11 is 0. The number of rotatable bonds is 4. The predicted molar refractivity (Wildman–Crippen MR) is 122 cm³/mol. The third-order valence-corrected chi connectivity index (χ3v) is 5.78. The molecule has 0 bridgehead atoms. The Morgan fingerprint density at radius 3 is 2.34 bits per heavy atom. The molecule has 0 aliphatic carbocycles. The predicted octanol–water partition coefficient (Wildman–Crippen LogP) is -0.319. The third-order valence-electron chi connectivity index (χ3n) is 5.78. The van der Waals surface area contributed by atoms with Crippen LogP contribution in [0.3, 0.4) is 0 Å². The molecule has 2 aliphatic heterocycles. The second-order valence-corrected chi connectivity index (χ2v) is 7.95. The SMILES string of the molecule is N=C(N)N1CCN(Cc2ccc(-n3ccc(NC(=O)N4CCNCC4)nc3=O)cc2)CC1. The van der Waals surface area contributed by atoms with Crippen molar-refractivity contribution in [1.29, 1.82) is 5.41 Å². The topological polar surface area (TPSA) is 136 Å². The summed E-state index contributed by atoms with van der Waals surface area (Å²) in [5.74, 6) is 0.374. The molecule has 0 saturated carbocycles. The number of carbonyl (C=O) groups is 1. The number of guanidine groups is 1. The van der Waals surface area contributed by atoms with Gasteiger partial charge in [0.25, 0.3) is 0 Å². The van der Waals surface area contributed by atoms with Gasteiger partial charge in [0.2, 0.25) is 0 Å². The molecule has 2 aliphatic rings. The largest absolute Gasteiger partial charge is 0.370 e. The molecule has 2 saturated heterocycles. The number of hydrogen-bond acceptors (Lipinski definition) is 6. The number of anilines is 1. The molecule has 1 aromatic carbocycles. The third kappa shape index (κ3) is 5.24. The van der Waals surface area contributed by atoms with E-state index in [1.165, 1.54) is 4.57 Å². The van der Waals surface area contributed by atoms with Crippen LogP contribution in [-0.4, -0.2) is 88.6 Å². The van der Waals surface area contributed by atoms with E-state index in [0.717, 1.165) is 51.4 Å². The number of amides is 2. The molecule has 1 aromatic heterocycles. The fourth-order valence-electron chi connectivity index (χ4n) is 3.89. The minimum atomic E-state index is -0.448. The zero-order valence-electron chi connectivity index (χ0n) is 18.0. The summed E-state index contributed by atoms with van der Waals surface area (Å²) in [4.78, 5) is 34.7. The highest BCUT2D eigenvalue weighted by Crippen LogP contribution is 2.12. The lowest BCUT2D eigenvalue weighted by molar-refractivity contribution is 0.174. The Balaban J connectivity index is 1.36. The maximum absolute atomic E-state index is 12.5. The molecule has 5 N–H and O–H groups in total. The Kier molecular flexibility index (Phi) is 6.66. The van der Waals surface area contributed by atoms with Crippen molar-refractivity contribution in [3.05, 3.63) is 52.6 Å². The van der Waals surface area contributed by atoms with Crippen LogP contribution in [0.25, 0.3) is 5.69 Å². The van der Waals surface area contributed by atoms with E-state index in [1.807, 2.05) is 29.2 Å². The summed E-state index contributed by atoms with van der Waals surface area (Å²) in [6.45, 7) is 6.79. The molecule has 2 fully saturated rings. The quantitative estimate of drug-likeness (QED) is 0.379. The van der Waals surface area contributed by atoms with Crippen LogP contribution in [0.4, 0.5) is 10.6 Å². The van der Waals surface area contributed by atoms with Crippen molar-refractivity contribution in [1.82, 2.24) is 29.6 Å². The Morgan fingerprint density at radius 2 is 1.72 bits per heavy atom. The van der Waals surface area contributed by atoms with E-state index in [1.54, 1.807) is 17.2 Å². The van der Waals surface area contributed by atoms with Crippen LogP contribution in [0, 0.1) is 5.41 Å². The monoisotopic (exact) mass is 439 g/mol. The standard InChI is InChI=1S/C21H29N9O2/c22-19(23)28-13-11-27(12-14-28)15-16-1-3-17(4-2-16)30-8-5-18(26-21(30)32)25-20(31)29-9-6-24-7-10-29/h1-5,8,24H,6-7,9-15H2,(H3,22,23)(H,25,26,31,32). The lowest BCUT2D eigenvalue weighted by Gasteiger charge is -2.34. The molecule has 4 rings (SSSR count). The lowest BCUT2D eigenvalue weighted by Crippen LogP contribution is -2.50.